The Morgan fingerprint density at radius 2 is 1.76 bits per heavy atom. The second-order valence-electron chi connectivity index (χ2n) is 5.65. The third kappa shape index (κ3) is 5.19. The smallest absolute Gasteiger partial charge is 0.244 e. The third-order valence-electron chi connectivity index (χ3n) is 3.72. The molecule has 0 unspecified atom stereocenters. The Bertz CT molecular complexity index is 871. The maximum Gasteiger partial charge on any atom is 0.244 e. The Kier molecular flexibility index (Phi) is 5.98. The zero-order valence-electron chi connectivity index (χ0n) is 14.4. The number of benzene rings is 2. The number of amides is 1. The van der Waals surface area contributed by atoms with Crippen molar-refractivity contribution in [2.24, 2.45) is 0 Å². The van der Waals surface area contributed by atoms with Crippen molar-refractivity contribution in [1.29, 1.82) is 0 Å². The number of para-hydroxylation sites is 1. The number of ether oxygens (including phenoxy) is 1. The molecule has 0 aliphatic rings. The van der Waals surface area contributed by atoms with Gasteiger partial charge in [-0.25, -0.2) is 8.42 Å². The first-order valence-corrected chi connectivity index (χ1v) is 9.62. The van der Waals surface area contributed by atoms with Gasteiger partial charge in [-0.3, -0.25) is 4.79 Å². The molecule has 0 radical (unpaired) electrons. The number of hydrogen-bond donors (Lipinski definition) is 1. The largest absolute Gasteiger partial charge is 0.496 e. The molecular weight excluding hydrogens is 338 g/mol. The van der Waals surface area contributed by atoms with Crippen LogP contribution in [-0.2, 0) is 14.6 Å². The molecule has 0 heterocycles. The van der Waals surface area contributed by atoms with E-state index in [1.165, 1.54) is 18.2 Å². The van der Waals surface area contributed by atoms with Crippen LogP contribution in [0.2, 0.25) is 0 Å². The van der Waals surface area contributed by atoms with E-state index >= 15 is 0 Å². The van der Waals surface area contributed by atoms with E-state index in [2.05, 4.69) is 5.32 Å². The molecule has 0 fully saturated rings. The number of hydrogen-bond acceptors (Lipinski definition) is 4. The van der Waals surface area contributed by atoms with Crippen LogP contribution in [0.15, 0.2) is 59.5 Å². The summed E-state index contributed by atoms with van der Waals surface area (Å²) in [7, 11) is -1.65. The quantitative estimate of drug-likeness (QED) is 0.805. The lowest BCUT2D eigenvalue weighted by atomic mass is 10.1. The minimum atomic E-state index is -3.22. The normalized spacial score (nSPS) is 12.8. The van der Waals surface area contributed by atoms with Crippen molar-refractivity contribution in [2.45, 2.75) is 17.9 Å². The Morgan fingerprint density at radius 1 is 1.12 bits per heavy atom. The summed E-state index contributed by atoms with van der Waals surface area (Å²) in [6.45, 7) is 1.84. The standard InChI is InChI=1S/C19H21NO4S/c1-14(15-8-11-17(12-9-15)25(3,22)23)20-19(21)13-10-16-6-4-5-7-18(16)24-2/h4-14H,1-3H3,(H,20,21)/b13-10+/t14-/m1/s1. The molecule has 1 atom stereocenters. The van der Waals surface area contributed by atoms with Crippen molar-refractivity contribution < 1.29 is 17.9 Å². The van der Waals surface area contributed by atoms with Gasteiger partial charge in [0.25, 0.3) is 0 Å². The van der Waals surface area contributed by atoms with Crippen LogP contribution in [0.1, 0.15) is 24.1 Å². The minimum Gasteiger partial charge on any atom is -0.496 e. The lowest BCUT2D eigenvalue weighted by Gasteiger charge is -2.13. The number of carbonyl (C=O) groups is 1. The first-order valence-electron chi connectivity index (χ1n) is 7.73. The van der Waals surface area contributed by atoms with E-state index in [4.69, 9.17) is 4.74 Å². The maximum absolute atomic E-state index is 12.1. The van der Waals surface area contributed by atoms with Crippen molar-refractivity contribution in [3.05, 3.63) is 65.7 Å². The van der Waals surface area contributed by atoms with Crippen LogP contribution in [0, 0.1) is 0 Å². The highest BCUT2D eigenvalue weighted by Gasteiger charge is 2.11. The summed E-state index contributed by atoms with van der Waals surface area (Å²) in [6.07, 6.45) is 4.29. The molecule has 0 bridgehead atoms. The van der Waals surface area contributed by atoms with Gasteiger partial charge in [0.1, 0.15) is 5.75 Å². The van der Waals surface area contributed by atoms with Gasteiger partial charge in [0.2, 0.25) is 5.91 Å². The molecule has 6 heteroatoms. The van der Waals surface area contributed by atoms with Gasteiger partial charge < -0.3 is 10.1 Å². The van der Waals surface area contributed by atoms with Gasteiger partial charge in [-0.05, 0) is 36.8 Å². The number of carbonyl (C=O) groups excluding carboxylic acids is 1. The van der Waals surface area contributed by atoms with Gasteiger partial charge >= 0.3 is 0 Å². The van der Waals surface area contributed by atoms with Crippen LogP contribution < -0.4 is 10.1 Å². The fraction of sp³-hybridized carbons (Fsp3) is 0.211. The fourth-order valence-electron chi connectivity index (χ4n) is 2.32. The first-order chi connectivity index (χ1) is 11.8. The van der Waals surface area contributed by atoms with E-state index in [0.29, 0.717) is 5.75 Å². The molecule has 2 aromatic carbocycles. The zero-order chi connectivity index (χ0) is 18.4. The van der Waals surface area contributed by atoms with Crippen molar-refractivity contribution in [3.63, 3.8) is 0 Å². The third-order valence-corrected chi connectivity index (χ3v) is 4.85. The van der Waals surface area contributed by atoms with Crippen LogP contribution in [0.3, 0.4) is 0 Å². The predicted octanol–water partition coefficient (Wildman–Crippen LogP) is 2.99. The summed E-state index contributed by atoms with van der Waals surface area (Å²) in [5.74, 6) is 0.446. The summed E-state index contributed by atoms with van der Waals surface area (Å²) < 4.78 is 28.2. The van der Waals surface area contributed by atoms with Gasteiger partial charge in [-0.2, -0.15) is 0 Å². The lowest BCUT2D eigenvalue weighted by Crippen LogP contribution is -2.24. The van der Waals surface area contributed by atoms with Crippen LogP contribution in [0.25, 0.3) is 6.08 Å². The van der Waals surface area contributed by atoms with E-state index in [0.717, 1.165) is 17.4 Å². The highest BCUT2D eigenvalue weighted by atomic mass is 32.2. The molecule has 1 amide bonds. The molecule has 5 nitrogen and oxygen atoms in total. The van der Waals surface area contributed by atoms with Gasteiger partial charge in [-0.1, -0.05) is 30.3 Å². The number of rotatable bonds is 6. The van der Waals surface area contributed by atoms with Gasteiger partial charge in [0, 0.05) is 17.9 Å². The molecule has 2 aromatic rings. The van der Waals surface area contributed by atoms with Crippen LogP contribution >= 0.6 is 0 Å². The zero-order valence-corrected chi connectivity index (χ0v) is 15.2. The summed E-state index contributed by atoms with van der Waals surface area (Å²) in [6, 6.07) is 13.6. The number of methoxy groups -OCH3 is 1. The lowest BCUT2D eigenvalue weighted by molar-refractivity contribution is -0.117. The van der Waals surface area contributed by atoms with Crippen LogP contribution in [0.4, 0.5) is 0 Å². The molecule has 1 N–H and O–H groups in total. The summed E-state index contributed by atoms with van der Waals surface area (Å²) in [5, 5.41) is 2.85. The molecule has 25 heavy (non-hydrogen) atoms. The Labute approximate surface area is 148 Å². The highest BCUT2D eigenvalue weighted by Crippen LogP contribution is 2.19. The van der Waals surface area contributed by atoms with Crippen LogP contribution in [0.5, 0.6) is 5.75 Å². The molecule has 0 saturated carbocycles. The predicted molar refractivity (Wildman–Crippen MR) is 98.1 cm³/mol. The van der Waals surface area contributed by atoms with Gasteiger partial charge in [0.15, 0.2) is 9.84 Å². The van der Waals surface area contributed by atoms with Crippen molar-refractivity contribution in [3.8, 4) is 5.75 Å². The molecule has 0 aliphatic heterocycles. The van der Waals surface area contributed by atoms with E-state index < -0.39 is 9.84 Å². The van der Waals surface area contributed by atoms with Crippen molar-refractivity contribution in [1.82, 2.24) is 5.32 Å². The molecule has 0 saturated heterocycles. The fourth-order valence-corrected chi connectivity index (χ4v) is 2.95. The number of sulfone groups is 1. The second kappa shape index (κ2) is 7.98. The summed E-state index contributed by atoms with van der Waals surface area (Å²) >= 11 is 0. The van der Waals surface area contributed by atoms with E-state index in [-0.39, 0.29) is 16.8 Å². The van der Waals surface area contributed by atoms with Gasteiger partial charge in [0.05, 0.1) is 18.0 Å². The average molecular weight is 359 g/mol. The summed E-state index contributed by atoms with van der Waals surface area (Å²) in [5.41, 5.74) is 1.64. The molecule has 0 aromatic heterocycles. The first kappa shape index (κ1) is 18.7. The van der Waals surface area contributed by atoms with Crippen molar-refractivity contribution >= 4 is 21.8 Å². The molecule has 2 rings (SSSR count). The topological polar surface area (TPSA) is 72.5 Å². The van der Waals surface area contributed by atoms with E-state index in [9.17, 15) is 13.2 Å². The van der Waals surface area contributed by atoms with Crippen LogP contribution in [-0.4, -0.2) is 27.7 Å². The minimum absolute atomic E-state index is 0.245. The number of nitrogens with one attached hydrogen (secondary N) is 1. The maximum atomic E-state index is 12.1. The average Bonchev–Trinajstić information content (AvgIpc) is 2.59. The van der Waals surface area contributed by atoms with Crippen molar-refractivity contribution in [2.75, 3.05) is 13.4 Å². The van der Waals surface area contributed by atoms with E-state index in [1.54, 1.807) is 25.3 Å². The molecule has 132 valence electrons. The monoisotopic (exact) mass is 359 g/mol. The highest BCUT2D eigenvalue weighted by molar-refractivity contribution is 7.90. The van der Waals surface area contributed by atoms with E-state index in [1.807, 2.05) is 31.2 Å². The Hall–Kier alpha value is -2.60. The molecular formula is C19H21NO4S. The second-order valence-corrected chi connectivity index (χ2v) is 7.66. The molecule has 0 aliphatic carbocycles. The Balaban J connectivity index is 2.03. The summed E-state index contributed by atoms with van der Waals surface area (Å²) in [4.78, 5) is 12.3. The van der Waals surface area contributed by atoms with Gasteiger partial charge in [-0.15, -0.1) is 0 Å². The molecule has 0 spiro atoms. The Morgan fingerprint density at radius 3 is 2.36 bits per heavy atom. The SMILES string of the molecule is COc1ccccc1/C=C/C(=O)N[C@H](C)c1ccc(S(C)(=O)=O)cc1.